The van der Waals surface area contributed by atoms with E-state index in [1.807, 2.05) is 0 Å². The monoisotopic (exact) mass is 330 g/mol. The number of ether oxygens (including phenoxy) is 1. The number of benzene rings is 1. The van der Waals surface area contributed by atoms with Crippen LogP contribution in [0, 0.1) is 0 Å². The van der Waals surface area contributed by atoms with Crippen molar-refractivity contribution in [3.63, 3.8) is 0 Å². The van der Waals surface area contributed by atoms with E-state index in [9.17, 15) is 9.59 Å². The Morgan fingerprint density at radius 1 is 1.53 bits per heavy atom. The van der Waals surface area contributed by atoms with E-state index < -0.39 is 17.9 Å². The number of nitrogens with two attached hydrogens (primary N) is 1. The van der Waals surface area contributed by atoms with Gasteiger partial charge in [0.15, 0.2) is 0 Å². The molecule has 7 heteroatoms. The summed E-state index contributed by atoms with van der Waals surface area (Å²) in [5.74, 6) is -0.823. The van der Waals surface area contributed by atoms with Crippen LogP contribution in [0.5, 0.6) is 5.75 Å². The molecule has 4 N–H and O–H groups in total. The maximum absolute atomic E-state index is 11.7. The van der Waals surface area contributed by atoms with E-state index in [0.29, 0.717) is 11.4 Å². The third-order valence-electron chi connectivity index (χ3n) is 2.42. The molecule has 1 rings (SSSR count). The molecule has 1 atom stereocenters. The number of amides is 1. The lowest BCUT2D eigenvalue weighted by atomic mass is 10.1. The average Bonchev–Trinajstić information content (AvgIpc) is 2.37. The van der Waals surface area contributed by atoms with Gasteiger partial charge in [-0.2, -0.15) is 0 Å². The van der Waals surface area contributed by atoms with Crippen molar-refractivity contribution >= 4 is 33.5 Å². The fourth-order valence-corrected chi connectivity index (χ4v) is 1.79. The summed E-state index contributed by atoms with van der Waals surface area (Å²) < 4.78 is 5.87. The summed E-state index contributed by atoms with van der Waals surface area (Å²) in [5.41, 5.74) is 6.14. The Balaban J connectivity index is 2.63. The summed E-state index contributed by atoms with van der Waals surface area (Å²) >= 11 is 3.30. The van der Waals surface area contributed by atoms with Gasteiger partial charge in [0.25, 0.3) is 0 Å². The van der Waals surface area contributed by atoms with Crippen LogP contribution in [-0.2, 0) is 9.59 Å². The van der Waals surface area contributed by atoms with Gasteiger partial charge in [-0.1, -0.05) is 0 Å². The molecule has 1 aromatic carbocycles. The number of carbonyl (C=O) groups excluding carboxylic acids is 1. The topological polar surface area (TPSA) is 102 Å². The molecule has 0 bridgehead atoms. The van der Waals surface area contributed by atoms with Crippen LogP contribution >= 0.6 is 15.9 Å². The minimum absolute atomic E-state index is 0.0921. The lowest BCUT2D eigenvalue weighted by Gasteiger charge is -2.12. The zero-order valence-corrected chi connectivity index (χ0v) is 11.9. The first kappa shape index (κ1) is 15.5. The number of rotatable bonds is 6. The maximum atomic E-state index is 11.7. The summed E-state index contributed by atoms with van der Waals surface area (Å²) in [4.78, 5) is 22.1. The maximum Gasteiger partial charge on any atom is 0.303 e. The summed E-state index contributed by atoms with van der Waals surface area (Å²) in [7, 11) is 1.52. The Hall–Kier alpha value is -1.60. The van der Waals surface area contributed by atoms with Crippen LogP contribution in [0.1, 0.15) is 12.8 Å². The summed E-state index contributed by atoms with van der Waals surface area (Å²) in [6.07, 6.45) is -0.0485. The third kappa shape index (κ3) is 4.88. The highest BCUT2D eigenvalue weighted by molar-refractivity contribution is 9.10. The van der Waals surface area contributed by atoms with E-state index >= 15 is 0 Å². The van der Waals surface area contributed by atoms with Gasteiger partial charge < -0.3 is 20.9 Å². The number of hydrogen-bond donors (Lipinski definition) is 3. The Labute approximate surface area is 119 Å². The SMILES string of the molecule is COc1cc(NC(=O)C(N)CCC(=O)O)ccc1Br. The second-order valence-corrected chi connectivity index (χ2v) is 4.73. The van der Waals surface area contributed by atoms with E-state index in [2.05, 4.69) is 21.2 Å². The number of carboxylic acids is 1. The van der Waals surface area contributed by atoms with Gasteiger partial charge in [-0.25, -0.2) is 0 Å². The van der Waals surface area contributed by atoms with E-state index in [0.717, 1.165) is 4.47 Å². The molecule has 0 aliphatic carbocycles. The smallest absolute Gasteiger partial charge is 0.303 e. The normalized spacial score (nSPS) is 11.7. The first-order chi connectivity index (χ1) is 8.93. The number of anilines is 1. The standard InChI is InChI=1S/C12H15BrN2O4/c1-19-10-6-7(2-3-8(10)13)15-12(18)9(14)4-5-11(16)17/h2-3,6,9H,4-5,14H2,1H3,(H,15,18)(H,16,17). The molecule has 0 heterocycles. The van der Waals surface area contributed by atoms with Gasteiger partial charge in [0.1, 0.15) is 5.75 Å². The molecule has 6 nitrogen and oxygen atoms in total. The van der Waals surface area contributed by atoms with Gasteiger partial charge in [-0.05, 0) is 34.5 Å². The Bertz CT molecular complexity index is 479. The third-order valence-corrected chi connectivity index (χ3v) is 3.08. The van der Waals surface area contributed by atoms with Crippen LogP contribution in [0.4, 0.5) is 5.69 Å². The molecule has 0 aliphatic heterocycles. The van der Waals surface area contributed by atoms with Crippen LogP contribution in [0.3, 0.4) is 0 Å². The zero-order valence-electron chi connectivity index (χ0n) is 10.4. The van der Waals surface area contributed by atoms with Crippen molar-refractivity contribution in [3.8, 4) is 5.75 Å². The fraction of sp³-hybridized carbons (Fsp3) is 0.333. The number of nitrogens with one attached hydrogen (secondary N) is 1. The molecule has 0 saturated carbocycles. The van der Waals surface area contributed by atoms with Crippen LogP contribution in [0.15, 0.2) is 22.7 Å². The molecule has 1 unspecified atom stereocenters. The van der Waals surface area contributed by atoms with Crippen LogP contribution in [0.2, 0.25) is 0 Å². The lowest BCUT2D eigenvalue weighted by molar-refractivity contribution is -0.137. The first-order valence-corrected chi connectivity index (χ1v) is 6.35. The average molecular weight is 331 g/mol. The van der Waals surface area contributed by atoms with Crippen LogP contribution in [-0.4, -0.2) is 30.1 Å². The Morgan fingerprint density at radius 2 is 2.21 bits per heavy atom. The van der Waals surface area contributed by atoms with Gasteiger partial charge in [-0.15, -0.1) is 0 Å². The number of halogens is 1. The van der Waals surface area contributed by atoms with Crippen molar-refractivity contribution in [1.29, 1.82) is 0 Å². The number of hydrogen-bond acceptors (Lipinski definition) is 4. The number of carbonyl (C=O) groups is 2. The first-order valence-electron chi connectivity index (χ1n) is 5.56. The summed E-state index contributed by atoms with van der Waals surface area (Å²) in [6, 6.07) is 4.21. The molecule has 1 aromatic rings. The number of methoxy groups -OCH3 is 1. The largest absolute Gasteiger partial charge is 0.495 e. The van der Waals surface area contributed by atoms with Gasteiger partial charge in [-0.3, -0.25) is 9.59 Å². The number of carboxylic acid groups (broad SMARTS) is 1. The minimum atomic E-state index is -0.978. The van der Waals surface area contributed by atoms with Gasteiger partial charge in [0, 0.05) is 18.2 Å². The molecule has 0 spiro atoms. The zero-order chi connectivity index (χ0) is 14.4. The molecule has 1 amide bonds. The predicted molar refractivity (Wildman–Crippen MR) is 74.2 cm³/mol. The van der Waals surface area contributed by atoms with E-state index in [4.69, 9.17) is 15.6 Å². The van der Waals surface area contributed by atoms with Crippen molar-refractivity contribution in [3.05, 3.63) is 22.7 Å². The highest BCUT2D eigenvalue weighted by Crippen LogP contribution is 2.27. The van der Waals surface area contributed by atoms with E-state index in [-0.39, 0.29) is 12.8 Å². The second-order valence-electron chi connectivity index (χ2n) is 3.88. The van der Waals surface area contributed by atoms with Crippen molar-refractivity contribution in [2.75, 3.05) is 12.4 Å². The highest BCUT2D eigenvalue weighted by atomic mass is 79.9. The van der Waals surface area contributed by atoms with Crippen molar-refractivity contribution in [2.45, 2.75) is 18.9 Å². The highest BCUT2D eigenvalue weighted by Gasteiger charge is 2.15. The van der Waals surface area contributed by atoms with Crippen LogP contribution < -0.4 is 15.8 Å². The summed E-state index contributed by atoms with van der Waals surface area (Å²) in [6.45, 7) is 0. The predicted octanol–water partition coefficient (Wildman–Crippen LogP) is 1.59. The quantitative estimate of drug-likeness (QED) is 0.735. The van der Waals surface area contributed by atoms with Gasteiger partial charge in [0.2, 0.25) is 5.91 Å². The number of aliphatic carboxylic acids is 1. The van der Waals surface area contributed by atoms with Crippen molar-refractivity contribution in [1.82, 2.24) is 0 Å². The van der Waals surface area contributed by atoms with Crippen molar-refractivity contribution in [2.24, 2.45) is 5.73 Å². The lowest BCUT2D eigenvalue weighted by Crippen LogP contribution is -2.36. The van der Waals surface area contributed by atoms with Crippen molar-refractivity contribution < 1.29 is 19.4 Å². The molecule has 0 aromatic heterocycles. The van der Waals surface area contributed by atoms with Gasteiger partial charge >= 0.3 is 5.97 Å². The molecule has 0 radical (unpaired) electrons. The summed E-state index contributed by atoms with van der Waals surface area (Å²) in [5, 5.41) is 11.1. The molecule has 0 aliphatic rings. The van der Waals surface area contributed by atoms with Gasteiger partial charge in [0.05, 0.1) is 17.6 Å². The minimum Gasteiger partial charge on any atom is -0.495 e. The molecule has 19 heavy (non-hydrogen) atoms. The second kappa shape index (κ2) is 7.10. The molecule has 0 fully saturated rings. The fourth-order valence-electron chi connectivity index (χ4n) is 1.38. The van der Waals surface area contributed by atoms with E-state index in [1.165, 1.54) is 7.11 Å². The molecule has 104 valence electrons. The molecule has 0 saturated heterocycles. The van der Waals surface area contributed by atoms with E-state index in [1.54, 1.807) is 18.2 Å². The Morgan fingerprint density at radius 3 is 2.79 bits per heavy atom. The molecular formula is C12H15BrN2O4. The molecular weight excluding hydrogens is 316 g/mol. The Kier molecular flexibility index (Phi) is 5.78. The van der Waals surface area contributed by atoms with Crippen LogP contribution in [0.25, 0.3) is 0 Å².